The number of halogens is 3. The van der Waals surface area contributed by atoms with Gasteiger partial charge in [0.15, 0.2) is 0 Å². The zero-order chi connectivity index (χ0) is 19.6. The van der Waals surface area contributed by atoms with Crippen LogP contribution in [0, 0.1) is 0 Å². The molecule has 2 aliphatic rings. The summed E-state index contributed by atoms with van der Waals surface area (Å²) >= 11 is 0. The number of fused-ring (bicyclic) bond motifs is 1. The molecule has 9 heteroatoms. The summed E-state index contributed by atoms with van der Waals surface area (Å²) in [6.45, 7) is 2.77. The highest BCUT2D eigenvalue weighted by Gasteiger charge is 2.35. The molecule has 150 valence electrons. The van der Waals surface area contributed by atoms with Gasteiger partial charge >= 0.3 is 6.36 Å². The molecule has 2 N–H and O–H groups in total. The second kappa shape index (κ2) is 7.92. The van der Waals surface area contributed by atoms with E-state index in [9.17, 15) is 13.2 Å². The molecule has 0 amide bonds. The number of hydrogen-bond acceptors (Lipinski definition) is 6. The average molecular weight is 393 g/mol. The number of alkyl halides is 3. The number of nitrogens with one attached hydrogen (secondary N) is 2. The van der Waals surface area contributed by atoms with Gasteiger partial charge in [0.25, 0.3) is 0 Å². The lowest BCUT2D eigenvalue weighted by Crippen LogP contribution is -2.39. The van der Waals surface area contributed by atoms with E-state index in [1.165, 1.54) is 5.56 Å². The molecule has 0 spiro atoms. The normalized spacial score (nSPS) is 18.0. The second-order valence-electron chi connectivity index (χ2n) is 7.01. The predicted molar refractivity (Wildman–Crippen MR) is 99.5 cm³/mol. The molecule has 1 aromatic carbocycles. The molecular weight excluding hydrogens is 371 g/mol. The van der Waals surface area contributed by atoms with E-state index < -0.39 is 12.5 Å². The Labute approximate surface area is 161 Å². The van der Waals surface area contributed by atoms with E-state index >= 15 is 0 Å². The third-order valence-electron chi connectivity index (χ3n) is 5.05. The lowest BCUT2D eigenvalue weighted by molar-refractivity contribution is -0.344. The van der Waals surface area contributed by atoms with Gasteiger partial charge < -0.3 is 15.5 Å². The molecule has 4 rings (SSSR count). The fourth-order valence-electron chi connectivity index (χ4n) is 3.60. The summed E-state index contributed by atoms with van der Waals surface area (Å²) in [6.07, 6.45) is -1.79. The smallest absolute Gasteiger partial charge is 0.371 e. The Balaban J connectivity index is 1.34. The summed E-state index contributed by atoms with van der Waals surface area (Å²) in [7, 11) is 0. The van der Waals surface area contributed by atoms with Crippen molar-refractivity contribution >= 4 is 17.3 Å². The van der Waals surface area contributed by atoms with E-state index in [0.29, 0.717) is 31.9 Å². The summed E-state index contributed by atoms with van der Waals surface area (Å²) in [5, 5.41) is 6.50. The van der Waals surface area contributed by atoms with Crippen LogP contribution in [0.5, 0.6) is 0 Å². The monoisotopic (exact) mass is 393 g/mol. The summed E-state index contributed by atoms with van der Waals surface area (Å²) in [4.78, 5) is 11.0. The minimum Gasteiger partial charge on any atom is -0.371 e. The van der Waals surface area contributed by atoms with Crippen LogP contribution in [0.3, 0.4) is 0 Å². The standard InChI is InChI=1S/C19H22F3N5O/c20-19(21,22)28-16-6-9-27(10-7-16)15-3-1-14(2-4-15)25-18-24-11-13-5-8-23-12-17(13)26-18/h1-4,11,16,23H,5-10,12H2,(H,24,25,26). The highest BCUT2D eigenvalue weighted by Crippen LogP contribution is 2.27. The molecule has 1 fully saturated rings. The largest absolute Gasteiger partial charge is 0.522 e. The molecule has 0 bridgehead atoms. The Morgan fingerprint density at radius 1 is 1.14 bits per heavy atom. The van der Waals surface area contributed by atoms with Crippen molar-refractivity contribution in [3.05, 3.63) is 41.7 Å². The number of piperidine rings is 1. The lowest BCUT2D eigenvalue weighted by Gasteiger charge is -2.33. The van der Waals surface area contributed by atoms with Gasteiger partial charge in [0.05, 0.1) is 11.8 Å². The van der Waals surface area contributed by atoms with Crippen molar-refractivity contribution in [1.82, 2.24) is 15.3 Å². The molecule has 1 aromatic heterocycles. The van der Waals surface area contributed by atoms with E-state index in [2.05, 4.69) is 30.2 Å². The van der Waals surface area contributed by atoms with E-state index in [0.717, 1.165) is 36.6 Å². The minimum atomic E-state index is -4.56. The van der Waals surface area contributed by atoms with Gasteiger partial charge in [-0.25, -0.2) is 9.97 Å². The Kier molecular flexibility index (Phi) is 5.36. The van der Waals surface area contributed by atoms with Crippen molar-refractivity contribution in [1.29, 1.82) is 0 Å². The SMILES string of the molecule is FC(F)(F)OC1CCN(c2ccc(Nc3ncc4c(n3)CNCC4)cc2)CC1. The van der Waals surface area contributed by atoms with E-state index in [1.54, 1.807) is 0 Å². The molecule has 1 saturated heterocycles. The van der Waals surface area contributed by atoms with Crippen LogP contribution in [0.2, 0.25) is 0 Å². The highest BCUT2D eigenvalue weighted by molar-refractivity contribution is 5.59. The summed E-state index contributed by atoms with van der Waals surface area (Å²) in [5.41, 5.74) is 4.04. The molecule has 28 heavy (non-hydrogen) atoms. The highest BCUT2D eigenvalue weighted by atomic mass is 19.4. The van der Waals surface area contributed by atoms with Gasteiger partial charge in [-0.2, -0.15) is 0 Å². The van der Waals surface area contributed by atoms with Gasteiger partial charge in [0.2, 0.25) is 5.95 Å². The molecule has 0 radical (unpaired) electrons. The van der Waals surface area contributed by atoms with Crippen molar-refractivity contribution in [2.24, 2.45) is 0 Å². The quantitative estimate of drug-likeness (QED) is 0.831. The Morgan fingerprint density at radius 2 is 1.89 bits per heavy atom. The van der Waals surface area contributed by atoms with Crippen LogP contribution in [0.15, 0.2) is 30.5 Å². The first-order chi connectivity index (χ1) is 13.5. The maximum absolute atomic E-state index is 12.3. The van der Waals surface area contributed by atoms with E-state index in [4.69, 9.17) is 0 Å². The Morgan fingerprint density at radius 3 is 2.61 bits per heavy atom. The van der Waals surface area contributed by atoms with Crippen molar-refractivity contribution in [3.63, 3.8) is 0 Å². The molecule has 0 atom stereocenters. The number of rotatable bonds is 4. The van der Waals surface area contributed by atoms with Crippen LogP contribution in [0.25, 0.3) is 0 Å². The fourth-order valence-corrected chi connectivity index (χ4v) is 3.60. The summed E-state index contributed by atoms with van der Waals surface area (Å²) in [5.74, 6) is 0.556. The Hall–Kier alpha value is -2.39. The van der Waals surface area contributed by atoms with Crippen LogP contribution < -0.4 is 15.5 Å². The zero-order valence-corrected chi connectivity index (χ0v) is 15.3. The van der Waals surface area contributed by atoms with Crippen molar-refractivity contribution in [2.45, 2.75) is 38.3 Å². The molecular formula is C19H22F3N5O. The molecule has 2 aliphatic heterocycles. The molecule has 2 aromatic rings. The first kappa shape index (κ1) is 18.9. The first-order valence-electron chi connectivity index (χ1n) is 9.38. The number of anilines is 3. The minimum absolute atomic E-state index is 0.358. The van der Waals surface area contributed by atoms with Gasteiger partial charge in [-0.3, -0.25) is 4.74 Å². The maximum Gasteiger partial charge on any atom is 0.522 e. The number of hydrogen-bond donors (Lipinski definition) is 2. The number of benzene rings is 1. The van der Waals surface area contributed by atoms with Crippen LogP contribution in [-0.2, 0) is 17.7 Å². The van der Waals surface area contributed by atoms with Gasteiger partial charge in [0.1, 0.15) is 0 Å². The lowest BCUT2D eigenvalue weighted by atomic mass is 10.1. The average Bonchev–Trinajstić information content (AvgIpc) is 2.68. The molecule has 0 unspecified atom stereocenters. The molecule has 6 nitrogen and oxygen atoms in total. The van der Waals surface area contributed by atoms with Gasteiger partial charge in [0, 0.05) is 37.2 Å². The fraction of sp³-hybridized carbons (Fsp3) is 0.474. The molecule has 0 aliphatic carbocycles. The van der Waals surface area contributed by atoms with Crippen molar-refractivity contribution in [2.75, 3.05) is 29.9 Å². The number of aromatic nitrogens is 2. The first-order valence-corrected chi connectivity index (χ1v) is 9.38. The molecule has 3 heterocycles. The predicted octanol–water partition coefficient (Wildman–Crippen LogP) is 3.37. The van der Waals surface area contributed by atoms with Crippen LogP contribution in [0.4, 0.5) is 30.5 Å². The number of nitrogens with zero attached hydrogens (tertiary/aromatic N) is 3. The number of ether oxygens (including phenoxy) is 1. The summed E-state index contributed by atoms with van der Waals surface area (Å²) < 4.78 is 41.1. The van der Waals surface area contributed by atoms with Crippen molar-refractivity contribution < 1.29 is 17.9 Å². The third-order valence-corrected chi connectivity index (χ3v) is 5.05. The Bertz CT molecular complexity index is 804. The topological polar surface area (TPSA) is 62.3 Å². The third kappa shape index (κ3) is 4.71. The van der Waals surface area contributed by atoms with Crippen molar-refractivity contribution in [3.8, 4) is 0 Å². The van der Waals surface area contributed by atoms with Gasteiger partial charge in [-0.15, -0.1) is 13.2 Å². The second-order valence-corrected chi connectivity index (χ2v) is 7.01. The maximum atomic E-state index is 12.3. The van der Waals surface area contributed by atoms with E-state index in [-0.39, 0.29) is 0 Å². The zero-order valence-electron chi connectivity index (χ0n) is 15.3. The van der Waals surface area contributed by atoms with Crippen LogP contribution in [0.1, 0.15) is 24.1 Å². The van der Waals surface area contributed by atoms with Crippen LogP contribution in [-0.4, -0.2) is 42.1 Å². The summed E-state index contributed by atoms with van der Waals surface area (Å²) in [6, 6.07) is 7.75. The van der Waals surface area contributed by atoms with Crippen LogP contribution >= 0.6 is 0 Å². The van der Waals surface area contributed by atoms with Gasteiger partial charge in [-0.05, 0) is 55.6 Å². The molecule has 0 saturated carbocycles. The van der Waals surface area contributed by atoms with Gasteiger partial charge in [-0.1, -0.05) is 0 Å². The van der Waals surface area contributed by atoms with E-state index in [1.807, 2.05) is 30.5 Å².